The Kier molecular flexibility index (Phi) is 5.16. The third kappa shape index (κ3) is 3.75. The number of carbonyl (C=O) groups is 1. The maximum Gasteiger partial charge on any atom is 0.255 e. The lowest BCUT2D eigenvalue weighted by Crippen LogP contribution is -2.55. The average molecular weight is 426 g/mol. The summed E-state index contributed by atoms with van der Waals surface area (Å²) in [5, 5.41) is 0. The van der Waals surface area contributed by atoms with E-state index in [1.807, 2.05) is 36.9 Å². The van der Waals surface area contributed by atoms with E-state index in [-0.39, 0.29) is 17.6 Å². The first kappa shape index (κ1) is 16.3. The Morgan fingerprint density at radius 1 is 1.50 bits per heavy atom. The van der Waals surface area contributed by atoms with E-state index in [2.05, 4.69) is 31.9 Å². The quantitative estimate of drug-likeness (QED) is 0.669. The van der Waals surface area contributed by atoms with Crippen molar-refractivity contribution < 1.29 is 9.53 Å². The zero-order chi connectivity index (χ0) is 14.9. The highest BCUT2D eigenvalue weighted by atomic mass is 79.9. The maximum atomic E-state index is 12.7. The van der Waals surface area contributed by atoms with E-state index < -0.39 is 0 Å². The van der Waals surface area contributed by atoms with Crippen molar-refractivity contribution >= 4 is 49.4 Å². The number of alkyl halides is 1. The fraction of sp³-hybridized carbons (Fsp3) is 0.500. The van der Waals surface area contributed by atoms with Gasteiger partial charge in [0, 0.05) is 22.0 Å². The number of hydrogen-bond donors (Lipinski definition) is 0. The lowest BCUT2D eigenvalue weighted by atomic mass is 10.0. The summed E-state index contributed by atoms with van der Waals surface area (Å²) in [6.07, 6.45) is -0.129. The van der Waals surface area contributed by atoms with Gasteiger partial charge >= 0.3 is 0 Å². The van der Waals surface area contributed by atoms with Crippen molar-refractivity contribution in [1.29, 1.82) is 0 Å². The number of carbonyl (C=O) groups excluding carboxylic acids is 1. The normalized spacial score (nSPS) is 21.9. The fourth-order valence-corrected chi connectivity index (χ4v) is 3.30. The first-order valence-electron chi connectivity index (χ1n) is 6.30. The average Bonchev–Trinajstić information content (AvgIpc) is 2.38. The Hall–Kier alpha value is -0.100. The third-order valence-electron chi connectivity index (χ3n) is 3.10. The van der Waals surface area contributed by atoms with Crippen LogP contribution in [0.4, 0.5) is 0 Å². The summed E-state index contributed by atoms with van der Waals surface area (Å²) in [5.74, 6) is 0.372. The summed E-state index contributed by atoms with van der Waals surface area (Å²) in [6, 6.07) is 5.58. The Bertz CT molecular complexity index is 522. The van der Waals surface area contributed by atoms with Crippen LogP contribution in [0.2, 0.25) is 0 Å². The first-order valence-corrected chi connectivity index (χ1v) is 8.42. The molecular formula is C14H16Br2ClNO2. The zero-order valence-electron chi connectivity index (χ0n) is 11.3. The Morgan fingerprint density at radius 2 is 2.20 bits per heavy atom. The van der Waals surface area contributed by atoms with Gasteiger partial charge in [-0.25, -0.2) is 0 Å². The lowest BCUT2D eigenvalue weighted by molar-refractivity contribution is -0.117. The molecule has 1 aliphatic rings. The molecule has 0 bridgehead atoms. The van der Waals surface area contributed by atoms with E-state index in [0.29, 0.717) is 24.5 Å². The van der Waals surface area contributed by atoms with Gasteiger partial charge in [0.2, 0.25) is 0 Å². The number of benzene rings is 1. The molecule has 0 radical (unpaired) electrons. The molecule has 0 aromatic heterocycles. The third-order valence-corrected chi connectivity index (χ3v) is 4.63. The highest BCUT2D eigenvalue weighted by Gasteiger charge is 2.35. The van der Waals surface area contributed by atoms with Crippen LogP contribution in [0.25, 0.3) is 0 Å². The number of hydrogen-bond acceptors (Lipinski definition) is 2. The van der Waals surface area contributed by atoms with Crippen molar-refractivity contribution in [3.63, 3.8) is 0 Å². The van der Waals surface area contributed by atoms with Crippen molar-refractivity contribution in [1.82, 2.24) is 4.90 Å². The second-order valence-electron chi connectivity index (χ2n) is 5.46. The number of rotatable bonds is 2. The van der Waals surface area contributed by atoms with Crippen molar-refractivity contribution in [3.05, 3.63) is 32.7 Å². The van der Waals surface area contributed by atoms with Crippen LogP contribution in [-0.4, -0.2) is 41.5 Å². The van der Waals surface area contributed by atoms with Crippen molar-refractivity contribution in [2.45, 2.75) is 25.6 Å². The predicted molar refractivity (Wildman–Crippen MR) is 87.4 cm³/mol. The monoisotopic (exact) mass is 423 g/mol. The molecular weight excluding hydrogens is 409 g/mol. The molecule has 20 heavy (non-hydrogen) atoms. The molecule has 1 unspecified atom stereocenters. The van der Waals surface area contributed by atoms with Crippen LogP contribution in [0.5, 0.6) is 0 Å². The van der Waals surface area contributed by atoms with Gasteiger partial charge < -0.3 is 9.64 Å². The molecule has 1 heterocycles. The molecule has 1 aliphatic heterocycles. The largest absolute Gasteiger partial charge is 0.367 e. The van der Waals surface area contributed by atoms with Gasteiger partial charge in [0.05, 0.1) is 23.1 Å². The smallest absolute Gasteiger partial charge is 0.255 e. The van der Waals surface area contributed by atoms with Gasteiger partial charge in [-0.15, -0.1) is 11.6 Å². The van der Waals surface area contributed by atoms with Crippen LogP contribution in [0.3, 0.4) is 0 Å². The van der Waals surface area contributed by atoms with E-state index in [9.17, 15) is 4.79 Å². The molecule has 0 spiro atoms. The van der Waals surface area contributed by atoms with Gasteiger partial charge in [-0.1, -0.05) is 15.9 Å². The number of amides is 1. The van der Waals surface area contributed by atoms with Gasteiger partial charge in [0.25, 0.3) is 5.91 Å². The molecule has 1 fully saturated rings. The van der Waals surface area contributed by atoms with Crippen LogP contribution >= 0.6 is 43.5 Å². The molecule has 1 amide bonds. The molecule has 6 heteroatoms. The molecule has 0 saturated carbocycles. The van der Waals surface area contributed by atoms with Crippen molar-refractivity contribution in [2.75, 3.05) is 19.0 Å². The number of halogens is 3. The van der Waals surface area contributed by atoms with Gasteiger partial charge in [0.1, 0.15) is 0 Å². The highest BCUT2D eigenvalue weighted by Crippen LogP contribution is 2.27. The Labute approximate surface area is 140 Å². The van der Waals surface area contributed by atoms with E-state index in [4.69, 9.17) is 16.3 Å². The molecule has 2 rings (SSSR count). The van der Waals surface area contributed by atoms with Crippen LogP contribution in [0.15, 0.2) is 27.1 Å². The Balaban J connectivity index is 2.25. The zero-order valence-corrected chi connectivity index (χ0v) is 15.3. The van der Waals surface area contributed by atoms with Gasteiger partial charge in [0.15, 0.2) is 0 Å². The number of morpholine rings is 1. The van der Waals surface area contributed by atoms with Crippen molar-refractivity contribution in [2.24, 2.45) is 0 Å². The van der Waals surface area contributed by atoms with Gasteiger partial charge in [-0.05, 0) is 48.0 Å². The summed E-state index contributed by atoms with van der Waals surface area (Å²) < 4.78 is 7.52. The van der Waals surface area contributed by atoms with E-state index >= 15 is 0 Å². The lowest BCUT2D eigenvalue weighted by Gasteiger charge is -2.42. The minimum atomic E-state index is -0.383. The summed E-state index contributed by atoms with van der Waals surface area (Å²) in [7, 11) is 0. The first-order chi connectivity index (χ1) is 9.32. The van der Waals surface area contributed by atoms with Crippen molar-refractivity contribution in [3.8, 4) is 0 Å². The number of ether oxygens (including phenoxy) is 1. The molecule has 3 nitrogen and oxygen atoms in total. The molecule has 1 aromatic carbocycles. The molecule has 0 N–H and O–H groups in total. The van der Waals surface area contributed by atoms with E-state index in [1.54, 1.807) is 0 Å². The Morgan fingerprint density at radius 3 is 2.85 bits per heavy atom. The van der Waals surface area contributed by atoms with Gasteiger partial charge in [-0.3, -0.25) is 4.79 Å². The van der Waals surface area contributed by atoms with Crippen LogP contribution < -0.4 is 0 Å². The number of nitrogens with zero attached hydrogens (tertiary/aromatic N) is 1. The summed E-state index contributed by atoms with van der Waals surface area (Å²) in [6.45, 7) is 5.02. The van der Waals surface area contributed by atoms with Crippen LogP contribution in [-0.2, 0) is 4.74 Å². The minimum Gasteiger partial charge on any atom is -0.367 e. The second-order valence-corrected chi connectivity index (χ2v) is 7.54. The fourth-order valence-electron chi connectivity index (χ4n) is 2.36. The minimum absolute atomic E-state index is 0.00957. The molecule has 1 saturated heterocycles. The van der Waals surface area contributed by atoms with Gasteiger partial charge in [-0.2, -0.15) is 0 Å². The van der Waals surface area contributed by atoms with E-state index in [0.717, 1.165) is 8.95 Å². The summed E-state index contributed by atoms with van der Waals surface area (Å²) in [5.41, 5.74) is 0.261. The maximum absolute atomic E-state index is 12.7. The highest BCUT2D eigenvalue weighted by molar-refractivity contribution is 9.11. The van der Waals surface area contributed by atoms with E-state index in [1.165, 1.54) is 0 Å². The molecule has 1 atom stereocenters. The second kappa shape index (κ2) is 6.34. The summed E-state index contributed by atoms with van der Waals surface area (Å²) in [4.78, 5) is 14.5. The van der Waals surface area contributed by atoms with Crippen LogP contribution in [0.1, 0.15) is 24.2 Å². The molecule has 110 valence electrons. The predicted octanol–water partition coefficient (Wildman–Crippen LogP) is 4.07. The summed E-state index contributed by atoms with van der Waals surface area (Å²) >= 11 is 12.7. The topological polar surface area (TPSA) is 29.5 Å². The molecule has 0 aliphatic carbocycles. The van der Waals surface area contributed by atoms with Crippen LogP contribution in [0, 0.1) is 0 Å². The molecule has 1 aromatic rings. The standard InChI is InChI=1S/C14H16Br2ClNO2/c1-14(2)8-18(7-10(6-17)20-14)13(19)11-5-9(15)3-4-12(11)16/h3-5,10H,6-8H2,1-2H3. The SMILES string of the molecule is CC1(C)CN(C(=O)c2cc(Br)ccc2Br)CC(CCl)O1.